The Kier molecular flexibility index (Phi) is 4.48. The molecule has 1 aromatic heterocycles. The van der Waals surface area contributed by atoms with Gasteiger partial charge < -0.3 is 4.42 Å². The van der Waals surface area contributed by atoms with Gasteiger partial charge in [-0.25, -0.2) is 21.8 Å². The molecular formula is C21H20N2O5S2. The number of benzene rings is 2. The van der Waals surface area contributed by atoms with Crippen molar-refractivity contribution in [2.75, 3.05) is 16.6 Å². The molecule has 9 heteroatoms. The fourth-order valence-corrected chi connectivity index (χ4v) is 6.75. The van der Waals surface area contributed by atoms with Gasteiger partial charge in [-0.2, -0.15) is 0 Å². The van der Waals surface area contributed by atoms with E-state index in [1.165, 1.54) is 28.6 Å². The van der Waals surface area contributed by atoms with Crippen molar-refractivity contribution >= 4 is 25.5 Å². The molecule has 2 aliphatic rings. The van der Waals surface area contributed by atoms with Crippen LogP contribution < -0.4 is 4.31 Å². The van der Waals surface area contributed by atoms with Crippen LogP contribution in [0.15, 0.2) is 68.9 Å². The summed E-state index contributed by atoms with van der Waals surface area (Å²) in [5.41, 5.74) is 0.940. The van der Waals surface area contributed by atoms with Crippen LogP contribution in [-0.2, 0) is 19.9 Å². The number of para-hydroxylation sites is 1. The lowest BCUT2D eigenvalue weighted by Crippen LogP contribution is -2.31. The zero-order chi connectivity index (χ0) is 20.9. The maximum atomic E-state index is 13.4. The standard InChI is InChI=1S/C21H20N2O5S2/c24-29(25)13-3-12-23(18-4-1-2-5-20(18)29)30(26,27)17-10-8-15(9-11-17)19-14-22-21(28-19)16-6-7-16/h1-2,4-5,8-11,14,16H,3,6-7,12-13H2. The van der Waals surface area contributed by atoms with Gasteiger partial charge in [-0.15, -0.1) is 0 Å². The van der Waals surface area contributed by atoms with Gasteiger partial charge in [0.2, 0.25) is 0 Å². The van der Waals surface area contributed by atoms with Crippen LogP contribution in [-0.4, -0.2) is 34.1 Å². The molecule has 1 saturated carbocycles. The van der Waals surface area contributed by atoms with E-state index in [1.807, 2.05) is 0 Å². The predicted molar refractivity (Wildman–Crippen MR) is 112 cm³/mol. The molecule has 0 atom stereocenters. The number of sulfonamides is 1. The molecule has 0 radical (unpaired) electrons. The molecule has 5 rings (SSSR count). The van der Waals surface area contributed by atoms with E-state index in [0.717, 1.165) is 24.3 Å². The second kappa shape index (κ2) is 6.95. The number of anilines is 1. The summed E-state index contributed by atoms with van der Waals surface area (Å²) in [6.07, 6.45) is 4.07. The number of hydrogen-bond donors (Lipinski definition) is 0. The predicted octanol–water partition coefficient (Wildman–Crippen LogP) is 3.59. The summed E-state index contributed by atoms with van der Waals surface area (Å²) in [5, 5.41) is 0. The Morgan fingerprint density at radius 2 is 1.77 bits per heavy atom. The minimum absolute atomic E-state index is 0.0527. The van der Waals surface area contributed by atoms with Crippen molar-refractivity contribution in [3.63, 3.8) is 0 Å². The molecule has 1 aliphatic carbocycles. The Balaban J connectivity index is 1.50. The third-order valence-electron chi connectivity index (χ3n) is 5.42. The summed E-state index contributed by atoms with van der Waals surface area (Å²) in [7, 11) is -7.45. The molecule has 1 fully saturated rings. The highest BCUT2D eigenvalue weighted by Gasteiger charge is 2.33. The summed E-state index contributed by atoms with van der Waals surface area (Å²) in [6.45, 7) is 0.104. The van der Waals surface area contributed by atoms with Gasteiger partial charge in [0, 0.05) is 18.0 Å². The molecule has 0 bridgehead atoms. The van der Waals surface area contributed by atoms with Gasteiger partial charge in [-0.05, 0) is 55.7 Å². The molecule has 0 N–H and O–H groups in total. The molecule has 0 spiro atoms. The van der Waals surface area contributed by atoms with Crippen molar-refractivity contribution in [3.05, 3.63) is 60.6 Å². The van der Waals surface area contributed by atoms with Gasteiger partial charge in [0.05, 0.1) is 27.4 Å². The van der Waals surface area contributed by atoms with Gasteiger partial charge in [0.1, 0.15) is 0 Å². The van der Waals surface area contributed by atoms with Gasteiger partial charge in [0.15, 0.2) is 21.5 Å². The Labute approximate surface area is 175 Å². The van der Waals surface area contributed by atoms with Crippen LogP contribution >= 0.6 is 0 Å². The topological polar surface area (TPSA) is 97.6 Å². The summed E-state index contributed by atoms with van der Waals surface area (Å²) in [4.78, 5) is 4.45. The largest absolute Gasteiger partial charge is 0.440 e. The quantitative estimate of drug-likeness (QED) is 0.610. The SMILES string of the molecule is O=S1(=O)CCCN(S(=O)(=O)c2ccc(-c3cnc(C4CC4)o3)cc2)c2ccccc21. The Bertz CT molecular complexity index is 1310. The highest BCUT2D eigenvalue weighted by Crippen LogP contribution is 2.40. The number of hydrogen-bond acceptors (Lipinski definition) is 6. The first-order chi connectivity index (χ1) is 14.4. The first-order valence-corrected chi connectivity index (χ1v) is 12.9. The summed E-state index contributed by atoms with van der Waals surface area (Å²) in [6, 6.07) is 12.7. The summed E-state index contributed by atoms with van der Waals surface area (Å²) < 4.78 is 58.7. The minimum Gasteiger partial charge on any atom is -0.440 e. The number of rotatable bonds is 4. The Morgan fingerprint density at radius 3 is 2.50 bits per heavy atom. The monoisotopic (exact) mass is 444 g/mol. The van der Waals surface area contributed by atoms with Crippen molar-refractivity contribution in [2.24, 2.45) is 0 Å². The van der Waals surface area contributed by atoms with Crippen molar-refractivity contribution in [1.82, 2.24) is 4.98 Å². The molecule has 7 nitrogen and oxygen atoms in total. The first kappa shape index (κ1) is 19.3. The normalized spacial score (nSPS) is 18.6. The third-order valence-corrected chi connectivity index (χ3v) is 9.09. The molecular weight excluding hydrogens is 424 g/mol. The number of fused-ring (bicyclic) bond motifs is 1. The van der Waals surface area contributed by atoms with E-state index in [-0.39, 0.29) is 34.2 Å². The van der Waals surface area contributed by atoms with E-state index in [0.29, 0.717) is 11.7 Å². The number of aromatic nitrogens is 1. The summed E-state index contributed by atoms with van der Waals surface area (Å²) >= 11 is 0. The van der Waals surface area contributed by atoms with Gasteiger partial charge >= 0.3 is 0 Å². The molecule has 2 aromatic carbocycles. The zero-order valence-corrected chi connectivity index (χ0v) is 17.7. The molecule has 0 unspecified atom stereocenters. The lowest BCUT2D eigenvalue weighted by atomic mass is 10.2. The molecule has 2 heterocycles. The molecule has 30 heavy (non-hydrogen) atoms. The molecule has 0 saturated heterocycles. The number of oxazole rings is 1. The second-order valence-corrected chi connectivity index (χ2v) is 11.5. The van der Waals surface area contributed by atoms with E-state index in [4.69, 9.17) is 4.42 Å². The van der Waals surface area contributed by atoms with Crippen LogP contribution in [0, 0.1) is 0 Å². The van der Waals surface area contributed by atoms with E-state index >= 15 is 0 Å². The van der Waals surface area contributed by atoms with Crippen molar-refractivity contribution in [2.45, 2.75) is 35.0 Å². The van der Waals surface area contributed by atoms with Gasteiger partial charge in [-0.3, -0.25) is 4.31 Å². The van der Waals surface area contributed by atoms with Crippen LogP contribution in [0.5, 0.6) is 0 Å². The van der Waals surface area contributed by atoms with Crippen molar-refractivity contribution in [3.8, 4) is 11.3 Å². The van der Waals surface area contributed by atoms with Gasteiger partial charge in [0.25, 0.3) is 10.0 Å². The first-order valence-electron chi connectivity index (χ1n) is 9.77. The minimum atomic E-state index is -3.92. The van der Waals surface area contributed by atoms with Crippen LogP contribution in [0.4, 0.5) is 5.69 Å². The summed E-state index contributed by atoms with van der Waals surface area (Å²) in [5.74, 6) is 1.65. The molecule has 1 aliphatic heterocycles. The average Bonchev–Trinajstić information content (AvgIpc) is 3.49. The van der Waals surface area contributed by atoms with E-state index in [2.05, 4.69) is 4.98 Å². The van der Waals surface area contributed by atoms with Crippen molar-refractivity contribution < 1.29 is 21.3 Å². The van der Waals surface area contributed by atoms with Crippen LogP contribution in [0.3, 0.4) is 0 Å². The Hall–Kier alpha value is -2.65. The second-order valence-electron chi connectivity index (χ2n) is 7.58. The molecule has 156 valence electrons. The van der Waals surface area contributed by atoms with Crippen LogP contribution in [0.1, 0.15) is 31.1 Å². The van der Waals surface area contributed by atoms with Crippen LogP contribution in [0.2, 0.25) is 0 Å². The van der Waals surface area contributed by atoms with E-state index in [9.17, 15) is 16.8 Å². The zero-order valence-electron chi connectivity index (χ0n) is 16.1. The van der Waals surface area contributed by atoms with Gasteiger partial charge in [-0.1, -0.05) is 12.1 Å². The van der Waals surface area contributed by atoms with E-state index < -0.39 is 19.9 Å². The average molecular weight is 445 g/mol. The van der Waals surface area contributed by atoms with Crippen molar-refractivity contribution in [1.29, 1.82) is 0 Å². The van der Waals surface area contributed by atoms with Crippen LogP contribution in [0.25, 0.3) is 11.3 Å². The number of sulfone groups is 1. The maximum absolute atomic E-state index is 13.4. The highest BCUT2D eigenvalue weighted by molar-refractivity contribution is 7.93. The lowest BCUT2D eigenvalue weighted by Gasteiger charge is -2.24. The fourth-order valence-electron chi connectivity index (χ4n) is 3.66. The Morgan fingerprint density at radius 1 is 1.03 bits per heavy atom. The fraction of sp³-hybridized carbons (Fsp3) is 0.286. The highest BCUT2D eigenvalue weighted by atomic mass is 32.2. The number of nitrogens with zero attached hydrogens (tertiary/aromatic N) is 2. The molecule has 3 aromatic rings. The third kappa shape index (κ3) is 3.31. The molecule has 0 amide bonds. The maximum Gasteiger partial charge on any atom is 0.264 e. The lowest BCUT2D eigenvalue weighted by molar-refractivity contribution is 0.509. The van der Waals surface area contributed by atoms with E-state index in [1.54, 1.807) is 30.5 Å². The smallest absolute Gasteiger partial charge is 0.264 e.